The molecule has 4 heteroatoms. The predicted octanol–water partition coefficient (Wildman–Crippen LogP) is 0.368. The molecule has 38 valence electrons. The smallest absolute Gasteiger partial charge is 0.307 e. The van der Waals surface area contributed by atoms with E-state index in [1.165, 1.54) is 0 Å². The van der Waals surface area contributed by atoms with Crippen LogP contribution in [0.25, 0.3) is 0 Å². The van der Waals surface area contributed by atoms with Crippen LogP contribution in [-0.2, 0) is 4.79 Å². The highest BCUT2D eigenvalue weighted by Gasteiger charge is 1.81. The molecule has 0 aliphatic carbocycles. The topological polar surface area (TPSA) is 37.3 Å². The van der Waals surface area contributed by atoms with Gasteiger partial charge < -0.3 is 5.11 Å². The second-order valence-electron chi connectivity index (χ2n) is 0.598. The SMILES string of the molecule is Cl.O=C(O)CP. The zero-order chi connectivity index (χ0) is 4.28. The number of rotatable bonds is 1. The molecule has 0 saturated heterocycles. The summed E-state index contributed by atoms with van der Waals surface area (Å²) in [5.74, 6) is -0.782. The monoisotopic (exact) mass is 128 g/mol. The van der Waals surface area contributed by atoms with Crippen LogP contribution in [0.15, 0.2) is 0 Å². The molecule has 0 aromatic rings. The van der Waals surface area contributed by atoms with E-state index in [4.69, 9.17) is 5.11 Å². The molecule has 0 saturated carbocycles. The van der Waals surface area contributed by atoms with Gasteiger partial charge in [0.25, 0.3) is 0 Å². The Morgan fingerprint density at radius 3 is 2.00 bits per heavy atom. The number of carbonyl (C=O) groups is 1. The summed E-state index contributed by atoms with van der Waals surface area (Å²) >= 11 is 0. The highest BCUT2D eigenvalue weighted by atomic mass is 35.5. The van der Waals surface area contributed by atoms with Crippen molar-refractivity contribution in [3.63, 3.8) is 0 Å². The molecular formula is C2H6ClO2P. The van der Waals surface area contributed by atoms with Crippen molar-refractivity contribution >= 4 is 27.6 Å². The summed E-state index contributed by atoms with van der Waals surface area (Å²) in [6.45, 7) is 0. The fourth-order valence-electron chi connectivity index (χ4n) is 0. The van der Waals surface area contributed by atoms with Gasteiger partial charge in [0.1, 0.15) is 0 Å². The van der Waals surface area contributed by atoms with E-state index < -0.39 is 5.97 Å². The Hall–Kier alpha value is 0.190. The summed E-state index contributed by atoms with van der Waals surface area (Å²) in [5, 5.41) is 7.70. The normalized spacial score (nSPS) is 6.17. The van der Waals surface area contributed by atoms with Crippen LogP contribution in [0, 0.1) is 0 Å². The Labute approximate surface area is 44.5 Å². The molecule has 6 heavy (non-hydrogen) atoms. The van der Waals surface area contributed by atoms with Gasteiger partial charge >= 0.3 is 5.97 Å². The largest absolute Gasteiger partial charge is 0.481 e. The molecule has 1 unspecified atom stereocenters. The maximum Gasteiger partial charge on any atom is 0.307 e. The van der Waals surface area contributed by atoms with Crippen LogP contribution in [-0.4, -0.2) is 17.2 Å². The summed E-state index contributed by atoms with van der Waals surface area (Å²) < 4.78 is 0. The van der Waals surface area contributed by atoms with E-state index in [-0.39, 0.29) is 18.6 Å². The lowest BCUT2D eigenvalue weighted by Crippen LogP contribution is -1.92. The van der Waals surface area contributed by atoms with Crippen LogP contribution in [0.5, 0.6) is 0 Å². The van der Waals surface area contributed by atoms with Crippen molar-refractivity contribution in [2.75, 3.05) is 6.16 Å². The van der Waals surface area contributed by atoms with Crippen LogP contribution in [0.2, 0.25) is 0 Å². The van der Waals surface area contributed by atoms with Gasteiger partial charge in [0.2, 0.25) is 0 Å². The minimum Gasteiger partial charge on any atom is -0.481 e. The molecule has 1 atom stereocenters. The molecule has 0 bridgehead atoms. The average molecular weight is 128 g/mol. The molecule has 0 spiro atoms. The molecule has 0 radical (unpaired) electrons. The Morgan fingerprint density at radius 2 is 2.00 bits per heavy atom. The van der Waals surface area contributed by atoms with E-state index in [0.717, 1.165) is 0 Å². The van der Waals surface area contributed by atoms with Gasteiger partial charge in [-0.3, -0.25) is 4.79 Å². The Morgan fingerprint density at radius 1 is 1.83 bits per heavy atom. The first-order chi connectivity index (χ1) is 2.27. The molecule has 0 amide bonds. The third-order valence-corrected chi connectivity index (χ3v) is 0.524. The second kappa shape index (κ2) is 5.19. The third kappa shape index (κ3) is 8.89. The Bertz CT molecular complexity index is 46.8. The molecule has 0 aliphatic heterocycles. The first-order valence-electron chi connectivity index (χ1n) is 1.19. The first kappa shape index (κ1) is 9.50. The summed E-state index contributed by atoms with van der Waals surface area (Å²) in [6, 6.07) is 0. The molecule has 1 N–H and O–H groups in total. The van der Waals surface area contributed by atoms with Crippen molar-refractivity contribution in [2.45, 2.75) is 0 Å². The Kier molecular flexibility index (Phi) is 8.22. The number of hydrogen-bond acceptors (Lipinski definition) is 1. The van der Waals surface area contributed by atoms with Gasteiger partial charge in [-0.15, -0.1) is 21.6 Å². The number of carboxylic acids is 1. The summed E-state index contributed by atoms with van der Waals surface area (Å²) in [4.78, 5) is 9.35. The van der Waals surface area contributed by atoms with Crippen molar-refractivity contribution in [1.29, 1.82) is 0 Å². The highest BCUT2D eigenvalue weighted by Crippen LogP contribution is 1.74. The highest BCUT2D eigenvalue weighted by molar-refractivity contribution is 7.18. The van der Waals surface area contributed by atoms with Gasteiger partial charge in [0, 0.05) is 0 Å². The molecular weight excluding hydrogens is 122 g/mol. The molecule has 0 rings (SSSR count). The Balaban J connectivity index is 0. The lowest BCUT2D eigenvalue weighted by Gasteiger charge is -1.72. The van der Waals surface area contributed by atoms with Gasteiger partial charge in [-0.05, 0) is 0 Å². The van der Waals surface area contributed by atoms with Crippen LogP contribution < -0.4 is 0 Å². The quantitative estimate of drug-likeness (QED) is 0.518. The molecule has 0 aromatic heterocycles. The third-order valence-electron chi connectivity index (χ3n) is 0.175. The maximum absolute atomic E-state index is 9.35. The van der Waals surface area contributed by atoms with Gasteiger partial charge in [-0.25, -0.2) is 0 Å². The molecule has 0 heterocycles. The summed E-state index contributed by atoms with van der Waals surface area (Å²) in [5.41, 5.74) is 0. The minimum absolute atomic E-state index is 0. The zero-order valence-electron chi connectivity index (χ0n) is 3.05. The number of hydrogen-bond donors (Lipinski definition) is 1. The number of aliphatic carboxylic acids is 1. The van der Waals surface area contributed by atoms with Crippen LogP contribution in [0.3, 0.4) is 0 Å². The lowest BCUT2D eigenvalue weighted by molar-refractivity contribution is -0.133. The van der Waals surface area contributed by atoms with E-state index in [2.05, 4.69) is 9.24 Å². The summed E-state index contributed by atoms with van der Waals surface area (Å²) in [7, 11) is 2.09. The van der Waals surface area contributed by atoms with E-state index in [9.17, 15) is 4.79 Å². The lowest BCUT2D eigenvalue weighted by atomic mass is 10.8. The van der Waals surface area contributed by atoms with Crippen molar-refractivity contribution in [3.05, 3.63) is 0 Å². The minimum atomic E-state index is -0.782. The fourth-order valence-corrected chi connectivity index (χ4v) is 0. The van der Waals surface area contributed by atoms with Gasteiger partial charge in [0.05, 0.1) is 6.16 Å². The van der Waals surface area contributed by atoms with Crippen molar-refractivity contribution in [2.24, 2.45) is 0 Å². The first-order valence-corrected chi connectivity index (χ1v) is 2.01. The standard InChI is InChI=1S/C2H5O2P.ClH/c3-2(4)1-5;/h1,5H2,(H,3,4);1H. The van der Waals surface area contributed by atoms with E-state index in [0.29, 0.717) is 0 Å². The fraction of sp³-hybridized carbons (Fsp3) is 0.500. The zero-order valence-corrected chi connectivity index (χ0v) is 5.02. The van der Waals surface area contributed by atoms with E-state index >= 15 is 0 Å². The maximum atomic E-state index is 9.35. The molecule has 0 aliphatic rings. The number of halogens is 1. The van der Waals surface area contributed by atoms with Crippen molar-refractivity contribution in [1.82, 2.24) is 0 Å². The van der Waals surface area contributed by atoms with Crippen molar-refractivity contribution in [3.8, 4) is 0 Å². The second-order valence-corrected chi connectivity index (χ2v) is 1.01. The van der Waals surface area contributed by atoms with Gasteiger partial charge in [-0.1, -0.05) is 0 Å². The van der Waals surface area contributed by atoms with Crippen molar-refractivity contribution < 1.29 is 9.90 Å². The van der Waals surface area contributed by atoms with Gasteiger partial charge in [-0.2, -0.15) is 0 Å². The molecule has 0 fully saturated rings. The van der Waals surface area contributed by atoms with E-state index in [1.54, 1.807) is 0 Å². The van der Waals surface area contributed by atoms with Gasteiger partial charge in [0.15, 0.2) is 0 Å². The summed E-state index contributed by atoms with van der Waals surface area (Å²) in [6.07, 6.45) is 0.139. The molecule has 0 aromatic carbocycles. The number of carboxylic acid groups (broad SMARTS) is 1. The van der Waals surface area contributed by atoms with Crippen LogP contribution in [0.4, 0.5) is 0 Å². The predicted molar refractivity (Wildman–Crippen MR) is 29.5 cm³/mol. The van der Waals surface area contributed by atoms with Crippen LogP contribution in [0.1, 0.15) is 0 Å². The molecule has 2 nitrogen and oxygen atoms in total. The van der Waals surface area contributed by atoms with Crippen LogP contribution >= 0.6 is 21.6 Å². The average Bonchev–Trinajstić information content (AvgIpc) is 1.38. The van der Waals surface area contributed by atoms with E-state index in [1.807, 2.05) is 0 Å².